The molecule has 1 unspecified atom stereocenters. The summed E-state index contributed by atoms with van der Waals surface area (Å²) in [6.45, 7) is 0. The Morgan fingerprint density at radius 1 is 1.07 bits per heavy atom. The van der Waals surface area contributed by atoms with E-state index in [4.69, 9.17) is 0 Å². The molecule has 1 atom stereocenters. The van der Waals surface area contributed by atoms with Gasteiger partial charge in [0.25, 0.3) is 0 Å². The van der Waals surface area contributed by atoms with Crippen LogP contribution in [0.5, 0.6) is 0 Å². The quantitative estimate of drug-likeness (QED) is 0.660. The lowest BCUT2D eigenvalue weighted by Crippen LogP contribution is -2.53. The Kier molecular flexibility index (Phi) is 3.36. The number of carbonyl (C=O) groups excluding carboxylic acids is 2. The van der Waals surface area contributed by atoms with Crippen molar-refractivity contribution < 1.29 is 9.59 Å². The number of piperidine rings is 1. The van der Waals surface area contributed by atoms with Crippen molar-refractivity contribution in [3.63, 3.8) is 0 Å². The van der Waals surface area contributed by atoms with E-state index in [9.17, 15) is 9.59 Å². The number of amides is 2. The van der Waals surface area contributed by atoms with Crippen LogP contribution in [0, 0.1) is 0 Å². The molecule has 0 radical (unpaired) electrons. The number of nitrogens with one attached hydrogen (secondary N) is 2. The Morgan fingerprint density at radius 3 is 2.47 bits per heavy atom. The summed E-state index contributed by atoms with van der Waals surface area (Å²) in [7, 11) is 0. The third-order valence-corrected chi connectivity index (χ3v) is 3.28. The molecule has 0 aromatic heterocycles. The smallest absolute Gasteiger partial charge is 0.243 e. The maximum Gasteiger partial charge on any atom is 0.243 e. The maximum absolute atomic E-state index is 11.5. The lowest BCUT2D eigenvalue weighted by molar-refractivity contribution is -0.134. The van der Waals surface area contributed by atoms with Crippen molar-refractivity contribution in [3.05, 3.63) is 0 Å². The number of imide groups is 1. The van der Waals surface area contributed by atoms with Gasteiger partial charge in [-0.2, -0.15) is 0 Å². The van der Waals surface area contributed by atoms with Crippen LogP contribution in [-0.4, -0.2) is 23.9 Å². The van der Waals surface area contributed by atoms with Crippen molar-refractivity contribution in [1.29, 1.82) is 0 Å². The number of carbonyl (C=O) groups is 2. The summed E-state index contributed by atoms with van der Waals surface area (Å²) in [4.78, 5) is 22.4. The van der Waals surface area contributed by atoms with Crippen molar-refractivity contribution in [2.24, 2.45) is 0 Å². The fraction of sp³-hybridized carbons (Fsp3) is 0.818. The molecule has 0 aromatic carbocycles. The predicted octanol–water partition coefficient (Wildman–Crippen LogP) is 0.714. The molecule has 2 rings (SSSR count). The van der Waals surface area contributed by atoms with Crippen molar-refractivity contribution in [1.82, 2.24) is 10.6 Å². The molecule has 1 aliphatic heterocycles. The van der Waals surface area contributed by atoms with Gasteiger partial charge in [0, 0.05) is 12.5 Å². The molecule has 0 spiro atoms. The summed E-state index contributed by atoms with van der Waals surface area (Å²) in [5.41, 5.74) is 0. The van der Waals surface area contributed by atoms with Crippen molar-refractivity contribution in [2.75, 3.05) is 0 Å². The number of hydrogen-bond donors (Lipinski definition) is 2. The second-order valence-electron chi connectivity index (χ2n) is 4.51. The van der Waals surface area contributed by atoms with Gasteiger partial charge in [-0.15, -0.1) is 0 Å². The Morgan fingerprint density at radius 2 is 1.80 bits per heavy atom. The van der Waals surface area contributed by atoms with Crippen LogP contribution in [0.15, 0.2) is 0 Å². The van der Waals surface area contributed by atoms with E-state index < -0.39 is 0 Å². The molecule has 4 heteroatoms. The molecule has 1 saturated carbocycles. The summed E-state index contributed by atoms with van der Waals surface area (Å²) < 4.78 is 0. The molecule has 2 aliphatic rings. The van der Waals surface area contributed by atoms with Crippen LogP contribution in [0.4, 0.5) is 0 Å². The van der Waals surface area contributed by atoms with E-state index in [1.165, 1.54) is 19.3 Å². The average molecular weight is 210 g/mol. The predicted molar refractivity (Wildman–Crippen MR) is 56.2 cm³/mol. The van der Waals surface area contributed by atoms with Crippen molar-refractivity contribution >= 4 is 11.8 Å². The first kappa shape index (κ1) is 10.6. The maximum atomic E-state index is 11.5. The van der Waals surface area contributed by atoms with E-state index in [0.717, 1.165) is 12.8 Å². The minimum absolute atomic E-state index is 0.137. The summed E-state index contributed by atoms with van der Waals surface area (Å²) in [6, 6.07) is 0.327. The standard InChI is InChI=1S/C11H18N2O2/c14-10-7-6-9(11(15)13-10)12-8-4-2-1-3-5-8/h8-9,12H,1-7H2,(H,13,14,15). The molecule has 15 heavy (non-hydrogen) atoms. The minimum Gasteiger partial charge on any atom is -0.303 e. The van der Waals surface area contributed by atoms with Crippen LogP contribution in [0.2, 0.25) is 0 Å². The first-order valence-electron chi connectivity index (χ1n) is 5.85. The molecule has 2 fully saturated rings. The molecular weight excluding hydrogens is 192 g/mol. The minimum atomic E-state index is -0.147. The molecule has 1 saturated heterocycles. The SMILES string of the molecule is O=C1CCC(NC2CCCCC2)C(=O)N1. The molecule has 2 amide bonds. The highest BCUT2D eigenvalue weighted by Gasteiger charge is 2.28. The third kappa shape index (κ3) is 2.78. The molecule has 1 aliphatic carbocycles. The highest BCUT2D eigenvalue weighted by Crippen LogP contribution is 2.19. The average Bonchev–Trinajstić information content (AvgIpc) is 2.24. The van der Waals surface area contributed by atoms with Crippen LogP contribution in [0.1, 0.15) is 44.9 Å². The van der Waals surface area contributed by atoms with Gasteiger partial charge in [-0.25, -0.2) is 0 Å². The van der Waals surface area contributed by atoms with E-state index in [-0.39, 0.29) is 17.9 Å². The van der Waals surface area contributed by atoms with E-state index in [1.807, 2.05) is 0 Å². The van der Waals surface area contributed by atoms with Gasteiger partial charge >= 0.3 is 0 Å². The highest BCUT2D eigenvalue weighted by molar-refractivity contribution is 6.00. The number of hydrogen-bond acceptors (Lipinski definition) is 3. The van der Waals surface area contributed by atoms with E-state index in [0.29, 0.717) is 18.9 Å². The Hall–Kier alpha value is -0.900. The van der Waals surface area contributed by atoms with Crippen molar-refractivity contribution in [3.8, 4) is 0 Å². The summed E-state index contributed by atoms with van der Waals surface area (Å²) in [5, 5.41) is 5.74. The van der Waals surface area contributed by atoms with E-state index >= 15 is 0 Å². The monoisotopic (exact) mass is 210 g/mol. The molecule has 2 N–H and O–H groups in total. The number of rotatable bonds is 2. The molecular formula is C11H18N2O2. The van der Waals surface area contributed by atoms with Gasteiger partial charge in [0.15, 0.2) is 0 Å². The Bertz CT molecular complexity index is 259. The molecule has 1 heterocycles. The van der Waals surface area contributed by atoms with Crippen LogP contribution < -0.4 is 10.6 Å². The zero-order chi connectivity index (χ0) is 10.7. The zero-order valence-corrected chi connectivity index (χ0v) is 8.92. The van der Waals surface area contributed by atoms with Gasteiger partial charge in [-0.05, 0) is 19.3 Å². The van der Waals surface area contributed by atoms with Crippen LogP contribution in [0.3, 0.4) is 0 Å². The fourth-order valence-corrected chi connectivity index (χ4v) is 2.41. The van der Waals surface area contributed by atoms with Gasteiger partial charge in [0.1, 0.15) is 0 Å². The Labute approximate surface area is 89.8 Å². The van der Waals surface area contributed by atoms with Gasteiger partial charge in [0.05, 0.1) is 6.04 Å². The molecule has 0 bridgehead atoms. The van der Waals surface area contributed by atoms with Crippen molar-refractivity contribution in [2.45, 2.75) is 57.0 Å². The molecule has 84 valence electrons. The second-order valence-corrected chi connectivity index (χ2v) is 4.51. The highest BCUT2D eigenvalue weighted by atomic mass is 16.2. The third-order valence-electron chi connectivity index (χ3n) is 3.28. The van der Waals surface area contributed by atoms with Gasteiger partial charge in [-0.1, -0.05) is 19.3 Å². The first-order chi connectivity index (χ1) is 7.25. The van der Waals surface area contributed by atoms with Gasteiger partial charge in [0.2, 0.25) is 11.8 Å². The van der Waals surface area contributed by atoms with E-state index in [1.54, 1.807) is 0 Å². The van der Waals surface area contributed by atoms with Crippen LogP contribution in [0.25, 0.3) is 0 Å². The fourth-order valence-electron chi connectivity index (χ4n) is 2.41. The lowest BCUT2D eigenvalue weighted by Gasteiger charge is -2.29. The Balaban J connectivity index is 1.82. The molecule has 0 aromatic rings. The topological polar surface area (TPSA) is 58.2 Å². The second kappa shape index (κ2) is 4.75. The normalized spacial score (nSPS) is 28.9. The van der Waals surface area contributed by atoms with Crippen LogP contribution >= 0.6 is 0 Å². The van der Waals surface area contributed by atoms with Gasteiger partial charge < -0.3 is 5.32 Å². The lowest BCUT2D eigenvalue weighted by atomic mass is 9.94. The summed E-state index contributed by atoms with van der Waals surface area (Å²) in [6.07, 6.45) is 7.27. The largest absolute Gasteiger partial charge is 0.303 e. The summed E-state index contributed by atoms with van der Waals surface area (Å²) in [5.74, 6) is -0.279. The van der Waals surface area contributed by atoms with Crippen LogP contribution in [-0.2, 0) is 9.59 Å². The molecule has 4 nitrogen and oxygen atoms in total. The first-order valence-corrected chi connectivity index (χ1v) is 5.85. The van der Waals surface area contributed by atoms with E-state index in [2.05, 4.69) is 10.6 Å². The van der Waals surface area contributed by atoms with Gasteiger partial charge in [-0.3, -0.25) is 14.9 Å². The summed E-state index contributed by atoms with van der Waals surface area (Å²) >= 11 is 0. The zero-order valence-electron chi connectivity index (χ0n) is 8.92.